The van der Waals surface area contributed by atoms with Gasteiger partial charge in [-0.25, -0.2) is 0 Å². The number of carbonyl (C=O) groups excluding carboxylic acids is 1. The predicted molar refractivity (Wildman–Crippen MR) is 74.1 cm³/mol. The van der Waals surface area contributed by atoms with Crippen LogP contribution in [0.5, 0.6) is 5.75 Å². The molecule has 0 spiro atoms. The van der Waals surface area contributed by atoms with Crippen molar-refractivity contribution in [2.45, 2.75) is 37.9 Å². The molecule has 0 saturated carbocycles. The van der Waals surface area contributed by atoms with Gasteiger partial charge in [0.25, 0.3) is 0 Å². The monoisotopic (exact) mass is 298 g/mol. The summed E-state index contributed by atoms with van der Waals surface area (Å²) in [5, 5.41) is 0. The molecule has 17 heavy (non-hydrogen) atoms. The average Bonchev–Trinajstić information content (AvgIpc) is 2.29. The molecule has 1 rings (SSSR count). The first-order valence-corrected chi connectivity index (χ1v) is 6.80. The van der Waals surface area contributed by atoms with E-state index in [2.05, 4.69) is 22.0 Å². The van der Waals surface area contributed by atoms with E-state index in [9.17, 15) is 4.79 Å². The van der Waals surface area contributed by atoms with Gasteiger partial charge in [-0.05, 0) is 37.0 Å². The molecule has 0 amide bonds. The number of carbonyl (C=O) groups is 1. The summed E-state index contributed by atoms with van der Waals surface area (Å²) in [6.07, 6.45) is 2.29. The lowest BCUT2D eigenvalue weighted by molar-refractivity contribution is -0.118. The number of methoxy groups -OCH3 is 1. The van der Waals surface area contributed by atoms with Crippen LogP contribution in [-0.2, 0) is 11.2 Å². The zero-order chi connectivity index (χ0) is 12.8. The van der Waals surface area contributed by atoms with Gasteiger partial charge in [0.15, 0.2) is 0 Å². The fraction of sp³-hybridized carbons (Fsp3) is 0.500. The number of rotatable bonds is 6. The lowest BCUT2D eigenvalue weighted by atomic mass is 10.0. The Bertz CT molecular complexity index is 388. The first-order valence-electron chi connectivity index (χ1n) is 5.88. The molecule has 0 aromatic heterocycles. The second kappa shape index (κ2) is 6.80. The summed E-state index contributed by atoms with van der Waals surface area (Å²) >= 11 is 3.46. The summed E-state index contributed by atoms with van der Waals surface area (Å²) in [6, 6.07) is 6.04. The first-order chi connectivity index (χ1) is 8.08. The quantitative estimate of drug-likeness (QED) is 0.749. The molecule has 0 saturated heterocycles. The maximum Gasteiger partial charge on any atom is 0.146 e. The molecular formula is C14H19BrO2. The molecule has 1 aromatic carbocycles. The van der Waals surface area contributed by atoms with Crippen molar-refractivity contribution >= 4 is 21.7 Å². The Morgan fingerprint density at radius 1 is 1.47 bits per heavy atom. The second-order valence-electron chi connectivity index (χ2n) is 4.19. The Kier molecular flexibility index (Phi) is 5.69. The topological polar surface area (TPSA) is 26.3 Å². The number of hydrogen-bond donors (Lipinski definition) is 0. The van der Waals surface area contributed by atoms with E-state index < -0.39 is 0 Å². The van der Waals surface area contributed by atoms with Crippen LogP contribution >= 0.6 is 15.9 Å². The Balaban J connectivity index is 2.68. The third-order valence-electron chi connectivity index (χ3n) is 2.72. The Hall–Kier alpha value is -0.830. The van der Waals surface area contributed by atoms with Crippen molar-refractivity contribution in [3.63, 3.8) is 0 Å². The largest absolute Gasteiger partial charge is 0.496 e. The van der Waals surface area contributed by atoms with Gasteiger partial charge in [0, 0.05) is 6.42 Å². The van der Waals surface area contributed by atoms with Gasteiger partial charge in [-0.15, -0.1) is 0 Å². The Morgan fingerprint density at radius 2 is 2.18 bits per heavy atom. The van der Waals surface area contributed by atoms with E-state index >= 15 is 0 Å². The van der Waals surface area contributed by atoms with E-state index in [-0.39, 0.29) is 10.6 Å². The number of benzene rings is 1. The molecular weight excluding hydrogens is 280 g/mol. The van der Waals surface area contributed by atoms with Crippen LogP contribution in [0.25, 0.3) is 0 Å². The molecule has 2 nitrogen and oxygen atoms in total. The number of halogens is 1. The van der Waals surface area contributed by atoms with E-state index in [4.69, 9.17) is 4.74 Å². The number of Topliss-reactive ketones (excluding diaryl/α,β-unsaturated/α-hetero) is 1. The van der Waals surface area contributed by atoms with Gasteiger partial charge in [0.05, 0.1) is 11.9 Å². The number of ketones is 1. The summed E-state index contributed by atoms with van der Waals surface area (Å²) in [5.41, 5.74) is 2.27. The molecule has 0 N–H and O–H groups in total. The molecule has 0 aliphatic rings. The minimum Gasteiger partial charge on any atom is -0.496 e. The normalized spacial score (nSPS) is 12.2. The molecule has 0 aliphatic heterocycles. The van der Waals surface area contributed by atoms with Gasteiger partial charge in [-0.2, -0.15) is 0 Å². The van der Waals surface area contributed by atoms with Crippen LogP contribution in [0.2, 0.25) is 0 Å². The highest BCUT2D eigenvalue weighted by Crippen LogP contribution is 2.21. The van der Waals surface area contributed by atoms with Crippen molar-refractivity contribution < 1.29 is 9.53 Å². The van der Waals surface area contributed by atoms with Crippen LogP contribution in [0.1, 0.15) is 30.9 Å². The molecule has 0 heterocycles. The van der Waals surface area contributed by atoms with Gasteiger partial charge >= 0.3 is 0 Å². The Labute approximate surface area is 111 Å². The molecule has 3 heteroatoms. The van der Waals surface area contributed by atoms with E-state index in [0.29, 0.717) is 6.42 Å². The fourth-order valence-corrected chi connectivity index (χ4v) is 2.39. The molecule has 0 aliphatic carbocycles. The summed E-state index contributed by atoms with van der Waals surface area (Å²) in [4.78, 5) is 11.6. The average molecular weight is 299 g/mol. The van der Waals surface area contributed by atoms with Crippen molar-refractivity contribution in [2.75, 3.05) is 7.11 Å². The van der Waals surface area contributed by atoms with Crippen molar-refractivity contribution in [2.24, 2.45) is 0 Å². The predicted octanol–water partition coefficient (Wildman–Crippen LogP) is 3.68. The molecule has 1 atom stereocenters. The van der Waals surface area contributed by atoms with Crippen LogP contribution in [0, 0.1) is 6.92 Å². The third-order valence-corrected chi connectivity index (χ3v) is 3.55. The molecule has 94 valence electrons. The van der Waals surface area contributed by atoms with Gasteiger partial charge in [0.1, 0.15) is 11.5 Å². The van der Waals surface area contributed by atoms with E-state index in [0.717, 1.165) is 29.7 Å². The Morgan fingerprint density at radius 3 is 2.71 bits per heavy atom. The molecule has 1 unspecified atom stereocenters. The van der Waals surface area contributed by atoms with Crippen LogP contribution in [0.3, 0.4) is 0 Å². The number of alkyl halides is 1. The van der Waals surface area contributed by atoms with Gasteiger partial charge < -0.3 is 4.74 Å². The lowest BCUT2D eigenvalue weighted by Gasteiger charge is -2.10. The zero-order valence-electron chi connectivity index (χ0n) is 10.6. The summed E-state index contributed by atoms with van der Waals surface area (Å²) in [5.74, 6) is 1.17. The summed E-state index contributed by atoms with van der Waals surface area (Å²) in [6.45, 7) is 4.04. The second-order valence-corrected chi connectivity index (χ2v) is 5.30. The number of aryl methyl sites for hydroxylation is 1. The highest BCUT2D eigenvalue weighted by Gasteiger charge is 2.14. The molecule has 0 bridgehead atoms. The van der Waals surface area contributed by atoms with Gasteiger partial charge in [0.2, 0.25) is 0 Å². The molecule has 1 aromatic rings. The minimum absolute atomic E-state index is 0.0738. The van der Waals surface area contributed by atoms with E-state index in [1.807, 2.05) is 26.0 Å². The van der Waals surface area contributed by atoms with Crippen LogP contribution < -0.4 is 4.74 Å². The van der Waals surface area contributed by atoms with Gasteiger partial charge in [-0.1, -0.05) is 35.0 Å². The standard InChI is InChI=1S/C14H19BrO2/c1-4-5-13(16)12(15)9-11-6-7-14(17-3)10(2)8-11/h6-8,12H,4-5,9H2,1-3H3. The lowest BCUT2D eigenvalue weighted by Crippen LogP contribution is -2.16. The fourth-order valence-electron chi connectivity index (χ4n) is 1.79. The van der Waals surface area contributed by atoms with Crippen LogP contribution in [0.4, 0.5) is 0 Å². The molecule has 0 fully saturated rings. The van der Waals surface area contributed by atoms with E-state index in [1.54, 1.807) is 7.11 Å². The SMILES string of the molecule is CCCC(=O)C(Br)Cc1ccc(OC)c(C)c1. The van der Waals surface area contributed by atoms with Crippen LogP contribution in [-0.4, -0.2) is 17.7 Å². The minimum atomic E-state index is -0.0738. The maximum absolute atomic E-state index is 11.7. The van der Waals surface area contributed by atoms with Crippen molar-refractivity contribution in [3.05, 3.63) is 29.3 Å². The maximum atomic E-state index is 11.7. The van der Waals surface area contributed by atoms with Crippen molar-refractivity contribution in [3.8, 4) is 5.75 Å². The number of ether oxygens (including phenoxy) is 1. The third kappa shape index (κ3) is 4.15. The summed E-state index contributed by atoms with van der Waals surface area (Å²) < 4.78 is 5.21. The first kappa shape index (κ1) is 14.2. The molecule has 0 radical (unpaired) electrons. The van der Waals surface area contributed by atoms with Gasteiger partial charge in [-0.3, -0.25) is 4.79 Å². The van der Waals surface area contributed by atoms with E-state index in [1.165, 1.54) is 0 Å². The highest BCUT2D eigenvalue weighted by molar-refractivity contribution is 9.10. The van der Waals surface area contributed by atoms with Crippen molar-refractivity contribution in [1.82, 2.24) is 0 Å². The smallest absolute Gasteiger partial charge is 0.146 e. The van der Waals surface area contributed by atoms with Crippen molar-refractivity contribution in [1.29, 1.82) is 0 Å². The summed E-state index contributed by atoms with van der Waals surface area (Å²) in [7, 11) is 1.67. The highest BCUT2D eigenvalue weighted by atomic mass is 79.9. The number of hydrogen-bond acceptors (Lipinski definition) is 2. The van der Waals surface area contributed by atoms with Crippen LogP contribution in [0.15, 0.2) is 18.2 Å². The zero-order valence-corrected chi connectivity index (χ0v) is 12.2.